The molecule has 1 aliphatic rings. The van der Waals surface area contributed by atoms with Crippen LogP contribution in [0, 0.1) is 12.8 Å². The second kappa shape index (κ2) is 12.2. The van der Waals surface area contributed by atoms with Crippen LogP contribution in [0.1, 0.15) is 55.4 Å². The van der Waals surface area contributed by atoms with Crippen molar-refractivity contribution in [2.45, 2.75) is 52.3 Å². The molecular weight excluding hydrogens is 563 g/mol. The smallest absolute Gasteiger partial charge is 0.434 e. The van der Waals surface area contributed by atoms with Crippen LogP contribution in [-0.4, -0.2) is 61.5 Å². The fourth-order valence-electron chi connectivity index (χ4n) is 4.01. The number of ether oxygens (including phenoxy) is 2. The highest BCUT2D eigenvalue weighted by Gasteiger charge is 2.33. The van der Waals surface area contributed by atoms with Gasteiger partial charge in [-0.3, -0.25) is 4.79 Å². The molecule has 0 radical (unpaired) electrons. The number of carbonyl (C=O) groups is 2. The lowest BCUT2D eigenvalue weighted by Crippen LogP contribution is -2.44. The zero-order valence-electron chi connectivity index (χ0n) is 22.9. The summed E-state index contributed by atoms with van der Waals surface area (Å²) in [4.78, 5) is 38.4. The second-order valence-electron chi connectivity index (χ2n) is 10.5. The van der Waals surface area contributed by atoms with Crippen LogP contribution in [0.5, 0.6) is 5.88 Å². The maximum atomic E-state index is 13.0. The Balaban J connectivity index is 1.32. The van der Waals surface area contributed by atoms with E-state index in [1.54, 1.807) is 24.0 Å². The third kappa shape index (κ3) is 8.25. The van der Waals surface area contributed by atoms with Crippen LogP contribution in [0.15, 0.2) is 30.7 Å². The van der Waals surface area contributed by atoms with Crippen molar-refractivity contribution in [3.63, 3.8) is 0 Å². The molecule has 1 atom stereocenters. The van der Waals surface area contributed by atoms with Crippen LogP contribution in [0.3, 0.4) is 0 Å². The number of nitrogens with one attached hydrogen (secondary N) is 2. The van der Waals surface area contributed by atoms with Gasteiger partial charge in [-0.1, -0.05) is 0 Å². The molecule has 0 spiro atoms. The summed E-state index contributed by atoms with van der Waals surface area (Å²) in [5, 5.41) is 5.84. The minimum Gasteiger partial charge on any atom is -0.477 e. The molecule has 0 aliphatic carbocycles. The molecule has 1 fully saturated rings. The summed E-state index contributed by atoms with van der Waals surface area (Å²) in [6.45, 7) is 8.69. The summed E-state index contributed by atoms with van der Waals surface area (Å²) in [5.74, 6) is 0.0466. The monoisotopic (exact) mass is 593 g/mol. The summed E-state index contributed by atoms with van der Waals surface area (Å²) < 4.78 is 53.7. The molecule has 11 nitrogen and oxygen atoms in total. The molecule has 0 aromatic carbocycles. The quantitative estimate of drug-likeness (QED) is 0.355. The number of anilines is 3. The Labute approximate surface area is 238 Å². The van der Waals surface area contributed by atoms with Crippen molar-refractivity contribution in [1.29, 1.82) is 0 Å². The molecule has 3 aromatic rings. The molecule has 2 N–H and O–H groups in total. The topological polar surface area (TPSA) is 131 Å². The van der Waals surface area contributed by atoms with E-state index in [9.17, 15) is 22.8 Å². The number of pyridine rings is 1. The molecule has 1 aliphatic heterocycles. The lowest BCUT2D eigenvalue weighted by molar-refractivity contribution is -0.141. The number of aryl methyl sites for hydroxylation is 1. The number of hydrogen-bond acceptors (Lipinski definition) is 10. The first-order chi connectivity index (χ1) is 19.3. The van der Waals surface area contributed by atoms with Crippen LogP contribution in [0.25, 0.3) is 0 Å². The fraction of sp³-hybridized carbons (Fsp3) is 0.462. The predicted molar refractivity (Wildman–Crippen MR) is 145 cm³/mol. The van der Waals surface area contributed by atoms with E-state index in [0.717, 1.165) is 30.6 Å². The van der Waals surface area contributed by atoms with Crippen molar-refractivity contribution < 1.29 is 32.2 Å². The van der Waals surface area contributed by atoms with E-state index in [-0.39, 0.29) is 23.4 Å². The normalized spacial score (nSPS) is 15.8. The molecule has 2 amide bonds. The van der Waals surface area contributed by atoms with Gasteiger partial charge in [-0.15, -0.1) is 0 Å². The van der Waals surface area contributed by atoms with E-state index in [2.05, 4.69) is 30.0 Å². The van der Waals surface area contributed by atoms with Crippen LogP contribution in [0.2, 0.25) is 0 Å². The van der Waals surface area contributed by atoms with Gasteiger partial charge < -0.3 is 25.0 Å². The Kier molecular flexibility index (Phi) is 8.95. The number of alkyl halides is 3. The first-order valence-corrected chi connectivity index (χ1v) is 13.6. The zero-order chi connectivity index (χ0) is 29.8. The SMILES string of the molecule is Cc1nsc(Nc2cnc(C(F)(F)F)cn2)c1C(=O)Nc1ccc(OC[C@@H]2CCCN(C(=O)OC(C)(C)C)C2)nc1. The molecule has 15 heteroatoms. The lowest BCUT2D eigenvalue weighted by Gasteiger charge is -2.33. The minimum absolute atomic E-state index is 0.0334. The molecule has 1 saturated heterocycles. The Hall–Kier alpha value is -4.01. The van der Waals surface area contributed by atoms with E-state index in [1.807, 2.05) is 20.8 Å². The molecule has 4 rings (SSSR count). The third-order valence-corrected chi connectivity index (χ3v) is 6.76. The summed E-state index contributed by atoms with van der Waals surface area (Å²) >= 11 is 0.967. The largest absolute Gasteiger partial charge is 0.477 e. The van der Waals surface area contributed by atoms with Gasteiger partial charge in [-0.05, 0) is 58.1 Å². The number of aromatic nitrogens is 4. The Morgan fingerprint density at radius 2 is 1.90 bits per heavy atom. The second-order valence-corrected chi connectivity index (χ2v) is 11.2. The van der Waals surface area contributed by atoms with Gasteiger partial charge in [-0.2, -0.15) is 17.5 Å². The summed E-state index contributed by atoms with van der Waals surface area (Å²) in [6.07, 6.45) is -0.181. The lowest BCUT2D eigenvalue weighted by atomic mass is 9.99. The molecule has 4 heterocycles. The van der Waals surface area contributed by atoms with Crippen LogP contribution in [-0.2, 0) is 10.9 Å². The molecule has 41 heavy (non-hydrogen) atoms. The van der Waals surface area contributed by atoms with Gasteiger partial charge >= 0.3 is 12.3 Å². The summed E-state index contributed by atoms with van der Waals surface area (Å²) in [7, 11) is 0. The maximum Gasteiger partial charge on any atom is 0.434 e. The van der Waals surface area contributed by atoms with Crippen molar-refractivity contribution in [3.05, 3.63) is 47.7 Å². The predicted octanol–water partition coefficient (Wildman–Crippen LogP) is 5.68. The Bertz CT molecular complexity index is 1360. The van der Waals surface area contributed by atoms with Gasteiger partial charge in [0.05, 0.1) is 42.1 Å². The highest BCUT2D eigenvalue weighted by molar-refractivity contribution is 7.10. The van der Waals surface area contributed by atoms with Crippen molar-refractivity contribution in [3.8, 4) is 5.88 Å². The first kappa shape index (κ1) is 30.0. The fourth-order valence-corrected chi connectivity index (χ4v) is 4.81. The van der Waals surface area contributed by atoms with Crippen molar-refractivity contribution in [2.75, 3.05) is 30.3 Å². The van der Waals surface area contributed by atoms with Crippen LogP contribution < -0.4 is 15.4 Å². The number of piperidine rings is 1. The van der Waals surface area contributed by atoms with Gasteiger partial charge in [0.25, 0.3) is 5.91 Å². The first-order valence-electron chi connectivity index (χ1n) is 12.8. The minimum atomic E-state index is -4.61. The number of halogens is 3. The van der Waals surface area contributed by atoms with E-state index < -0.39 is 23.4 Å². The Morgan fingerprint density at radius 1 is 1.12 bits per heavy atom. The van der Waals surface area contributed by atoms with Gasteiger partial charge in [-0.25, -0.2) is 19.7 Å². The average molecular weight is 594 g/mol. The van der Waals surface area contributed by atoms with Gasteiger partial charge in [0.2, 0.25) is 5.88 Å². The third-order valence-electron chi connectivity index (χ3n) is 5.91. The number of amides is 2. The maximum absolute atomic E-state index is 13.0. The molecule has 0 bridgehead atoms. The number of hydrogen-bond donors (Lipinski definition) is 2. The van der Waals surface area contributed by atoms with Crippen molar-refractivity contribution in [1.82, 2.24) is 24.2 Å². The average Bonchev–Trinajstić information content (AvgIpc) is 3.27. The highest BCUT2D eigenvalue weighted by atomic mass is 32.1. The van der Waals surface area contributed by atoms with Crippen LogP contribution >= 0.6 is 11.5 Å². The number of rotatable bonds is 7. The van der Waals surface area contributed by atoms with E-state index in [1.165, 1.54) is 6.20 Å². The molecule has 3 aromatic heterocycles. The van der Waals surface area contributed by atoms with Crippen molar-refractivity contribution >= 4 is 40.0 Å². The highest BCUT2D eigenvalue weighted by Crippen LogP contribution is 2.30. The molecule has 220 valence electrons. The number of nitrogens with zero attached hydrogens (tertiary/aromatic N) is 5. The van der Waals surface area contributed by atoms with Gasteiger partial charge in [0.15, 0.2) is 5.69 Å². The molecular formula is C26H30F3N7O4S. The molecule has 0 unspecified atom stereocenters. The van der Waals surface area contributed by atoms with E-state index >= 15 is 0 Å². The standard InChI is InChI=1S/C26H30F3N7O4S/c1-15-21(23(41-35-15)34-19-12-30-18(11-31-19)26(27,28)29)22(37)33-17-7-8-20(32-10-17)39-14-16-6-5-9-36(13-16)24(38)40-25(2,3)4/h7-8,10-12,16H,5-6,9,13-14H2,1-4H3,(H,31,34)(H,33,37)/t16-/m1/s1. The Morgan fingerprint density at radius 3 is 2.54 bits per heavy atom. The summed E-state index contributed by atoms with van der Waals surface area (Å²) in [6, 6.07) is 3.26. The molecule has 0 saturated carbocycles. The van der Waals surface area contributed by atoms with Crippen molar-refractivity contribution in [2.24, 2.45) is 5.92 Å². The van der Waals surface area contributed by atoms with E-state index in [4.69, 9.17) is 9.47 Å². The van der Waals surface area contributed by atoms with Gasteiger partial charge in [0, 0.05) is 25.1 Å². The van der Waals surface area contributed by atoms with Crippen LogP contribution in [0.4, 0.5) is 34.5 Å². The number of likely N-dealkylation sites (tertiary alicyclic amines) is 1. The number of carbonyl (C=O) groups excluding carboxylic acids is 2. The van der Waals surface area contributed by atoms with Gasteiger partial charge in [0.1, 0.15) is 16.4 Å². The zero-order valence-corrected chi connectivity index (χ0v) is 23.7. The van der Waals surface area contributed by atoms with E-state index in [0.29, 0.717) is 48.2 Å². The summed E-state index contributed by atoms with van der Waals surface area (Å²) in [5.41, 5.74) is -0.636.